The van der Waals surface area contributed by atoms with Crippen LogP contribution < -0.4 is 0 Å². The Bertz CT molecular complexity index is 873. The number of aromatic amines is 1. The molecule has 0 radical (unpaired) electrons. The fourth-order valence-corrected chi connectivity index (χ4v) is 3.83. The number of fused-ring (bicyclic) bond motifs is 1. The van der Waals surface area contributed by atoms with Crippen molar-refractivity contribution < 1.29 is 0 Å². The molecule has 1 saturated heterocycles. The van der Waals surface area contributed by atoms with Crippen molar-refractivity contribution >= 4 is 22.5 Å². The molecule has 6 heteroatoms. The van der Waals surface area contributed by atoms with Gasteiger partial charge in [0, 0.05) is 63.2 Å². The third-order valence-corrected chi connectivity index (χ3v) is 5.59. The summed E-state index contributed by atoms with van der Waals surface area (Å²) < 4.78 is 2.10. The molecular weight excluding hydrogens is 334 g/mol. The molecule has 25 heavy (non-hydrogen) atoms. The molecule has 1 aromatic carbocycles. The SMILES string of the molecule is Cc1c(CN2CCN(Cc3nccn3C)CC2)[nH]c2c(Cl)cccc12. The predicted octanol–water partition coefficient (Wildman–Crippen LogP) is 3.18. The quantitative estimate of drug-likeness (QED) is 0.779. The summed E-state index contributed by atoms with van der Waals surface area (Å²) in [6.07, 6.45) is 3.88. The Morgan fingerprint density at radius 3 is 2.48 bits per heavy atom. The van der Waals surface area contributed by atoms with E-state index in [1.54, 1.807) is 0 Å². The number of para-hydroxylation sites is 1. The van der Waals surface area contributed by atoms with Gasteiger partial charge in [-0.3, -0.25) is 9.80 Å². The molecule has 0 amide bonds. The first-order valence-corrected chi connectivity index (χ1v) is 9.16. The van der Waals surface area contributed by atoms with Gasteiger partial charge in [-0.2, -0.15) is 0 Å². The first-order chi connectivity index (χ1) is 12.1. The molecule has 1 fully saturated rings. The fourth-order valence-electron chi connectivity index (χ4n) is 3.61. The van der Waals surface area contributed by atoms with Crippen LogP contribution in [0.1, 0.15) is 17.1 Å². The number of piperazine rings is 1. The van der Waals surface area contributed by atoms with Crippen LogP contribution in [0.15, 0.2) is 30.6 Å². The van der Waals surface area contributed by atoms with E-state index in [0.717, 1.165) is 55.6 Å². The van der Waals surface area contributed by atoms with Crippen LogP contribution in [0.4, 0.5) is 0 Å². The summed E-state index contributed by atoms with van der Waals surface area (Å²) in [5.74, 6) is 1.13. The fraction of sp³-hybridized carbons (Fsp3) is 0.421. The Hall–Kier alpha value is -1.82. The second-order valence-electron chi connectivity index (χ2n) is 6.90. The highest BCUT2D eigenvalue weighted by atomic mass is 35.5. The molecule has 0 spiro atoms. The number of H-pyrrole nitrogens is 1. The van der Waals surface area contributed by atoms with Gasteiger partial charge in [0.1, 0.15) is 5.82 Å². The van der Waals surface area contributed by atoms with E-state index in [0.29, 0.717) is 0 Å². The van der Waals surface area contributed by atoms with Gasteiger partial charge < -0.3 is 9.55 Å². The zero-order chi connectivity index (χ0) is 17.4. The summed E-state index contributed by atoms with van der Waals surface area (Å²) in [6, 6.07) is 6.10. The molecule has 1 N–H and O–H groups in total. The molecule has 0 saturated carbocycles. The molecule has 5 nitrogen and oxygen atoms in total. The summed E-state index contributed by atoms with van der Waals surface area (Å²) in [7, 11) is 2.06. The van der Waals surface area contributed by atoms with Crippen LogP contribution >= 0.6 is 11.6 Å². The van der Waals surface area contributed by atoms with Gasteiger partial charge in [-0.25, -0.2) is 4.98 Å². The van der Waals surface area contributed by atoms with E-state index in [1.165, 1.54) is 16.6 Å². The van der Waals surface area contributed by atoms with Crippen LogP contribution in [0.25, 0.3) is 10.9 Å². The van der Waals surface area contributed by atoms with E-state index in [2.05, 4.69) is 44.4 Å². The zero-order valence-electron chi connectivity index (χ0n) is 14.8. The Balaban J connectivity index is 1.40. The lowest BCUT2D eigenvalue weighted by Crippen LogP contribution is -2.45. The van der Waals surface area contributed by atoms with Gasteiger partial charge in [-0.05, 0) is 18.6 Å². The van der Waals surface area contributed by atoms with Crippen molar-refractivity contribution in [2.24, 2.45) is 7.05 Å². The molecule has 1 aliphatic rings. The number of hydrogen-bond acceptors (Lipinski definition) is 3. The Kier molecular flexibility index (Phi) is 4.54. The van der Waals surface area contributed by atoms with Crippen molar-refractivity contribution in [2.75, 3.05) is 26.2 Å². The number of imidazole rings is 1. The molecule has 0 unspecified atom stereocenters. The van der Waals surface area contributed by atoms with Gasteiger partial charge in [0.05, 0.1) is 17.1 Å². The van der Waals surface area contributed by atoms with Crippen LogP contribution in [0.5, 0.6) is 0 Å². The van der Waals surface area contributed by atoms with Crippen LogP contribution in [0.2, 0.25) is 5.02 Å². The van der Waals surface area contributed by atoms with Crippen molar-refractivity contribution in [2.45, 2.75) is 20.0 Å². The lowest BCUT2D eigenvalue weighted by atomic mass is 10.1. The van der Waals surface area contributed by atoms with Crippen molar-refractivity contribution in [1.29, 1.82) is 0 Å². The lowest BCUT2D eigenvalue weighted by Gasteiger charge is -2.34. The standard InChI is InChI=1S/C19H24ClN5/c1-14-15-4-3-5-16(20)19(15)22-17(14)12-24-8-10-25(11-9-24)13-18-21-6-7-23(18)2/h3-7,22H,8-13H2,1-2H3. The molecular formula is C19H24ClN5. The third-order valence-electron chi connectivity index (χ3n) is 5.28. The smallest absolute Gasteiger partial charge is 0.122 e. The van der Waals surface area contributed by atoms with E-state index in [4.69, 9.17) is 11.6 Å². The van der Waals surface area contributed by atoms with E-state index in [9.17, 15) is 0 Å². The summed E-state index contributed by atoms with van der Waals surface area (Å²) in [6.45, 7) is 8.37. The first kappa shape index (κ1) is 16.6. The Morgan fingerprint density at radius 2 is 1.84 bits per heavy atom. The molecule has 0 atom stereocenters. The number of aryl methyl sites for hydroxylation is 2. The van der Waals surface area contributed by atoms with E-state index in [1.807, 2.05) is 24.5 Å². The van der Waals surface area contributed by atoms with E-state index < -0.39 is 0 Å². The number of aromatic nitrogens is 3. The molecule has 2 aromatic heterocycles. The van der Waals surface area contributed by atoms with Gasteiger partial charge >= 0.3 is 0 Å². The highest BCUT2D eigenvalue weighted by Gasteiger charge is 2.20. The second kappa shape index (κ2) is 6.83. The minimum absolute atomic E-state index is 0.798. The molecule has 0 bridgehead atoms. The maximum absolute atomic E-state index is 6.33. The van der Waals surface area contributed by atoms with Gasteiger partial charge in [-0.15, -0.1) is 0 Å². The Labute approximate surface area is 153 Å². The molecule has 3 heterocycles. The Morgan fingerprint density at radius 1 is 1.12 bits per heavy atom. The highest BCUT2D eigenvalue weighted by Crippen LogP contribution is 2.28. The van der Waals surface area contributed by atoms with Crippen molar-refractivity contribution in [3.8, 4) is 0 Å². The molecule has 4 rings (SSSR count). The minimum atomic E-state index is 0.798. The minimum Gasteiger partial charge on any atom is -0.356 e. The normalized spacial score (nSPS) is 16.8. The van der Waals surface area contributed by atoms with Crippen LogP contribution in [-0.4, -0.2) is 50.5 Å². The summed E-state index contributed by atoms with van der Waals surface area (Å²) in [5, 5.41) is 2.03. The first-order valence-electron chi connectivity index (χ1n) is 8.78. The summed E-state index contributed by atoms with van der Waals surface area (Å²) in [5.41, 5.74) is 3.65. The average Bonchev–Trinajstić information content (AvgIpc) is 3.15. The molecule has 132 valence electrons. The third kappa shape index (κ3) is 3.32. The van der Waals surface area contributed by atoms with Gasteiger partial charge in [-0.1, -0.05) is 23.7 Å². The van der Waals surface area contributed by atoms with Gasteiger partial charge in [0.25, 0.3) is 0 Å². The average molecular weight is 358 g/mol. The maximum atomic E-state index is 6.33. The van der Waals surface area contributed by atoms with Crippen molar-refractivity contribution in [3.05, 3.63) is 52.7 Å². The molecule has 1 aliphatic heterocycles. The van der Waals surface area contributed by atoms with E-state index >= 15 is 0 Å². The molecule has 0 aliphatic carbocycles. The van der Waals surface area contributed by atoms with Crippen molar-refractivity contribution in [3.63, 3.8) is 0 Å². The topological polar surface area (TPSA) is 40.1 Å². The van der Waals surface area contributed by atoms with Gasteiger partial charge in [0.15, 0.2) is 0 Å². The van der Waals surface area contributed by atoms with Crippen LogP contribution in [0.3, 0.4) is 0 Å². The number of nitrogens with one attached hydrogen (secondary N) is 1. The number of nitrogens with zero attached hydrogens (tertiary/aromatic N) is 4. The van der Waals surface area contributed by atoms with Crippen molar-refractivity contribution in [1.82, 2.24) is 24.3 Å². The monoisotopic (exact) mass is 357 g/mol. The number of hydrogen-bond donors (Lipinski definition) is 1. The summed E-state index contributed by atoms with van der Waals surface area (Å²) in [4.78, 5) is 13.0. The van der Waals surface area contributed by atoms with Gasteiger partial charge in [0.2, 0.25) is 0 Å². The largest absolute Gasteiger partial charge is 0.356 e. The lowest BCUT2D eigenvalue weighted by molar-refractivity contribution is 0.118. The van der Waals surface area contributed by atoms with Crippen LogP contribution in [-0.2, 0) is 20.1 Å². The molecule has 3 aromatic rings. The highest BCUT2D eigenvalue weighted by molar-refractivity contribution is 6.35. The number of benzene rings is 1. The van der Waals surface area contributed by atoms with E-state index in [-0.39, 0.29) is 0 Å². The number of halogens is 1. The summed E-state index contributed by atoms with van der Waals surface area (Å²) >= 11 is 6.33. The van der Waals surface area contributed by atoms with Crippen LogP contribution in [0, 0.1) is 6.92 Å². The second-order valence-corrected chi connectivity index (χ2v) is 7.30. The maximum Gasteiger partial charge on any atom is 0.122 e. The predicted molar refractivity (Wildman–Crippen MR) is 102 cm³/mol. The number of rotatable bonds is 4. The zero-order valence-corrected chi connectivity index (χ0v) is 15.6.